The molecule has 1 N–H and O–H groups in total. The highest BCUT2D eigenvalue weighted by Crippen LogP contribution is 2.24. The minimum absolute atomic E-state index is 0.0990. The zero-order valence-electron chi connectivity index (χ0n) is 9.41. The topological polar surface area (TPSA) is 45.0 Å². The number of ether oxygens (including phenoxy) is 1. The standard InChI is InChI=1S/C12H20N2O/c1-9-6-7-12(15-9)11(8-13)14-10-4-2-3-5-10/h9-12,14H,2-7H2,1H3. The van der Waals surface area contributed by atoms with Crippen molar-refractivity contribution in [3.8, 4) is 6.07 Å². The van der Waals surface area contributed by atoms with E-state index in [1.807, 2.05) is 0 Å². The molecular formula is C12H20N2O. The Kier molecular flexibility index (Phi) is 3.61. The van der Waals surface area contributed by atoms with Gasteiger partial charge in [-0.1, -0.05) is 12.8 Å². The molecule has 1 saturated carbocycles. The van der Waals surface area contributed by atoms with Gasteiger partial charge in [0.05, 0.1) is 18.3 Å². The predicted octanol–water partition coefficient (Wildman–Crippen LogP) is 1.98. The van der Waals surface area contributed by atoms with Crippen LogP contribution in [0.25, 0.3) is 0 Å². The van der Waals surface area contributed by atoms with E-state index in [9.17, 15) is 0 Å². The summed E-state index contributed by atoms with van der Waals surface area (Å²) in [6, 6.07) is 2.81. The first-order valence-corrected chi connectivity index (χ1v) is 6.10. The van der Waals surface area contributed by atoms with Crippen LogP contribution < -0.4 is 5.32 Å². The Labute approximate surface area is 91.8 Å². The van der Waals surface area contributed by atoms with Gasteiger partial charge in [-0.05, 0) is 32.6 Å². The van der Waals surface area contributed by atoms with Crippen LogP contribution in [0, 0.1) is 11.3 Å². The van der Waals surface area contributed by atoms with E-state index in [0.29, 0.717) is 12.1 Å². The Balaban J connectivity index is 1.84. The first kappa shape index (κ1) is 10.9. The lowest BCUT2D eigenvalue weighted by Crippen LogP contribution is -2.43. The molecule has 0 aromatic carbocycles. The van der Waals surface area contributed by atoms with E-state index >= 15 is 0 Å². The summed E-state index contributed by atoms with van der Waals surface area (Å²) >= 11 is 0. The van der Waals surface area contributed by atoms with Crippen molar-refractivity contribution in [1.29, 1.82) is 5.26 Å². The second-order valence-corrected chi connectivity index (χ2v) is 4.82. The minimum Gasteiger partial charge on any atom is -0.373 e. The second kappa shape index (κ2) is 4.96. The van der Waals surface area contributed by atoms with Crippen molar-refractivity contribution in [3.63, 3.8) is 0 Å². The molecular weight excluding hydrogens is 188 g/mol. The van der Waals surface area contributed by atoms with Crippen molar-refractivity contribution in [2.45, 2.75) is 69.7 Å². The lowest BCUT2D eigenvalue weighted by molar-refractivity contribution is 0.0410. The molecule has 84 valence electrons. The highest BCUT2D eigenvalue weighted by molar-refractivity contribution is 5.00. The highest BCUT2D eigenvalue weighted by Gasteiger charge is 2.31. The van der Waals surface area contributed by atoms with Gasteiger partial charge in [-0.3, -0.25) is 5.32 Å². The van der Waals surface area contributed by atoms with Crippen molar-refractivity contribution in [2.24, 2.45) is 0 Å². The number of nitrogens with one attached hydrogen (secondary N) is 1. The third-order valence-corrected chi connectivity index (χ3v) is 3.55. The van der Waals surface area contributed by atoms with Crippen LogP contribution in [0.4, 0.5) is 0 Å². The van der Waals surface area contributed by atoms with Crippen molar-refractivity contribution < 1.29 is 4.74 Å². The molecule has 3 nitrogen and oxygen atoms in total. The Bertz CT molecular complexity index is 242. The highest BCUT2D eigenvalue weighted by atomic mass is 16.5. The molecule has 0 spiro atoms. The molecule has 0 aromatic rings. The zero-order valence-corrected chi connectivity index (χ0v) is 9.41. The number of hydrogen-bond donors (Lipinski definition) is 1. The SMILES string of the molecule is CC1CCC(C(C#N)NC2CCCC2)O1. The van der Waals surface area contributed by atoms with E-state index in [-0.39, 0.29) is 12.1 Å². The van der Waals surface area contributed by atoms with Crippen LogP contribution in [0.15, 0.2) is 0 Å². The van der Waals surface area contributed by atoms with Gasteiger partial charge in [-0.15, -0.1) is 0 Å². The minimum atomic E-state index is -0.0990. The fourth-order valence-corrected chi connectivity index (χ4v) is 2.65. The first-order chi connectivity index (χ1) is 7.29. The van der Waals surface area contributed by atoms with Crippen LogP contribution in [-0.2, 0) is 4.74 Å². The van der Waals surface area contributed by atoms with Crippen molar-refractivity contribution >= 4 is 0 Å². The van der Waals surface area contributed by atoms with Gasteiger partial charge in [0.15, 0.2) is 0 Å². The molecule has 0 amide bonds. The number of nitriles is 1. The maximum atomic E-state index is 9.14. The van der Waals surface area contributed by atoms with Gasteiger partial charge >= 0.3 is 0 Å². The first-order valence-electron chi connectivity index (χ1n) is 6.10. The molecule has 2 rings (SSSR count). The molecule has 0 aromatic heterocycles. The van der Waals surface area contributed by atoms with Crippen LogP contribution in [0.5, 0.6) is 0 Å². The quantitative estimate of drug-likeness (QED) is 0.771. The van der Waals surface area contributed by atoms with Gasteiger partial charge in [0.1, 0.15) is 6.04 Å². The van der Waals surface area contributed by atoms with Gasteiger partial charge < -0.3 is 4.74 Å². The second-order valence-electron chi connectivity index (χ2n) is 4.82. The molecule has 1 aliphatic heterocycles. The summed E-state index contributed by atoms with van der Waals surface area (Å²) in [7, 11) is 0. The average Bonchev–Trinajstić information content (AvgIpc) is 2.85. The largest absolute Gasteiger partial charge is 0.373 e. The van der Waals surface area contributed by atoms with Gasteiger partial charge in [0.25, 0.3) is 0 Å². The van der Waals surface area contributed by atoms with Gasteiger partial charge in [0.2, 0.25) is 0 Å². The molecule has 2 aliphatic rings. The maximum absolute atomic E-state index is 9.14. The molecule has 3 atom stereocenters. The van der Waals surface area contributed by atoms with E-state index in [2.05, 4.69) is 18.3 Å². The molecule has 2 fully saturated rings. The molecule has 1 aliphatic carbocycles. The van der Waals surface area contributed by atoms with Gasteiger partial charge in [-0.2, -0.15) is 5.26 Å². The summed E-state index contributed by atoms with van der Waals surface area (Å²) in [6.45, 7) is 2.09. The molecule has 15 heavy (non-hydrogen) atoms. The molecule has 0 bridgehead atoms. The Morgan fingerprint density at radius 1 is 1.27 bits per heavy atom. The number of rotatable bonds is 3. The molecule has 0 radical (unpaired) electrons. The lowest BCUT2D eigenvalue weighted by Gasteiger charge is -2.22. The normalized spacial score (nSPS) is 34.1. The van der Waals surface area contributed by atoms with E-state index in [4.69, 9.17) is 10.00 Å². The number of nitrogens with zero attached hydrogens (tertiary/aromatic N) is 1. The third-order valence-electron chi connectivity index (χ3n) is 3.55. The summed E-state index contributed by atoms with van der Waals surface area (Å²) in [6.07, 6.45) is 7.62. The Hall–Kier alpha value is -0.590. The average molecular weight is 208 g/mol. The van der Waals surface area contributed by atoms with Crippen molar-refractivity contribution in [2.75, 3.05) is 0 Å². The fourth-order valence-electron chi connectivity index (χ4n) is 2.65. The fraction of sp³-hybridized carbons (Fsp3) is 0.917. The monoisotopic (exact) mass is 208 g/mol. The van der Waals surface area contributed by atoms with E-state index in [1.165, 1.54) is 25.7 Å². The zero-order chi connectivity index (χ0) is 10.7. The van der Waals surface area contributed by atoms with E-state index in [0.717, 1.165) is 12.8 Å². The molecule has 1 saturated heterocycles. The summed E-state index contributed by atoms with van der Waals surface area (Å²) in [4.78, 5) is 0. The Morgan fingerprint density at radius 2 is 2.00 bits per heavy atom. The summed E-state index contributed by atoms with van der Waals surface area (Å²) in [5, 5.41) is 12.6. The van der Waals surface area contributed by atoms with E-state index in [1.54, 1.807) is 0 Å². The van der Waals surface area contributed by atoms with Gasteiger partial charge in [0, 0.05) is 6.04 Å². The van der Waals surface area contributed by atoms with Crippen LogP contribution in [0.1, 0.15) is 45.4 Å². The number of hydrogen-bond acceptors (Lipinski definition) is 3. The maximum Gasteiger partial charge on any atom is 0.122 e. The summed E-state index contributed by atoms with van der Waals surface area (Å²) in [5.74, 6) is 0. The Morgan fingerprint density at radius 3 is 2.53 bits per heavy atom. The van der Waals surface area contributed by atoms with Crippen molar-refractivity contribution in [1.82, 2.24) is 5.32 Å². The molecule has 1 heterocycles. The molecule has 3 unspecified atom stereocenters. The van der Waals surface area contributed by atoms with Crippen LogP contribution >= 0.6 is 0 Å². The smallest absolute Gasteiger partial charge is 0.122 e. The lowest BCUT2D eigenvalue weighted by atomic mass is 10.1. The van der Waals surface area contributed by atoms with Crippen LogP contribution in [0.2, 0.25) is 0 Å². The van der Waals surface area contributed by atoms with Crippen LogP contribution in [-0.4, -0.2) is 24.3 Å². The van der Waals surface area contributed by atoms with E-state index < -0.39 is 0 Å². The van der Waals surface area contributed by atoms with Crippen LogP contribution in [0.3, 0.4) is 0 Å². The van der Waals surface area contributed by atoms with Gasteiger partial charge in [-0.25, -0.2) is 0 Å². The third kappa shape index (κ3) is 2.70. The molecule has 3 heteroatoms. The summed E-state index contributed by atoms with van der Waals surface area (Å²) in [5.41, 5.74) is 0. The van der Waals surface area contributed by atoms with Crippen molar-refractivity contribution in [3.05, 3.63) is 0 Å². The predicted molar refractivity (Wildman–Crippen MR) is 58.4 cm³/mol. The summed E-state index contributed by atoms with van der Waals surface area (Å²) < 4.78 is 5.74.